The summed E-state index contributed by atoms with van der Waals surface area (Å²) in [5, 5.41) is 0. The van der Waals surface area contributed by atoms with E-state index in [-0.39, 0.29) is 25.7 Å². The van der Waals surface area contributed by atoms with Crippen LogP contribution in [0, 0.1) is 16.7 Å². The molecule has 0 radical (unpaired) electrons. The highest BCUT2D eigenvalue weighted by Gasteiger charge is 2.62. The molecule has 0 spiro atoms. The molecule has 0 saturated carbocycles. The van der Waals surface area contributed by atoms with E-state index < -0.39 is 144 Å². The summed E-state index contributed by atoms with van der Waals surface area (Å²) in [6, 6.07) is 0. The average molecular weight is 1140 g/mol. The third-order valence-electron chi connectivity index (χ3n) is 11.5. The van der Waals surface area contributed by atoms with Gasteiger partial charge >= 0.3 is 72.9 Å². The van der Waals surface area contributed by atoms with E-state index in [0.717, 1.165) is 0 Å². The minimum absolute atomic E-state index is 0.0207. The first kappa shape index (κ1) is 74.8. The second-order valence-corrected chi connectivity index (χ2v) is 18.9. The molecule has 0 rings (SSSR count). The Morgan fingerprint density at radius 3 is 0.827 bits per heavy atom. The minimum Gasteiger partial charge on any atom is -0.459 e. The number of hydrogen-bond donors (Lipinski definition) is 0. The fourth-order valence-electron chi connectivity index (χ4n) is 5.24. The monoisotopic (exact) mass is 1140 g/mol. The summed E-state index contributed by atoms with van der Waals surface area (Å²) in [4.78, 5) is 70.9. The van der Waals surface area contributed by atoms with E-state index in [0.29, 0.717) is 19.3 Å². The molecule has 0 aromatic heterocycles. The molecule has 1 unspecified atom stereocenters. The first-order chi connectivity index (χ1) is 33.2. The van der Waals surface area contributed by atoms with Crippen molar-refractivity contribution < 1.29 is 136 Å². The first-order valence-corrected chi connectivity index (χ1v) is 22.9. The summed E-state index contributed by atoms with van der Waals surface area (Å²) in [5.74, 6) is -7.88. The van der Waals surface area contributed by atoms with Crippen molar-refractivity contribution in [2.45, 2.75) is 233 Å². The Labute approximate surface area is 421 Å². The highest BCUT2D eigenvalue weighted by atomic mass is 19.4. The van der Waals surface area contributed by atoms with Gasteiger partial charge in [-0.15, -0.1) is 0 Å². The van der Waals surface area contributed by atoms with Crippen LogP contribution in [0.15, 0.2) is 0 Å². The largest absolute Gasteiger partial charge is 0.459 e. The Balaban J connectivity index is -0.00000104. The van der Waals surface area contributed by atoms with Gasteiger partial charge < -0.3 is 28.4 Å². The molecule has 12 nitrogen and oxygen atoms in total. The molecular weight excluding hydrogens is 1070 g/mol. The zero-order valence-corrected chi connectivity index (χ0v) is 43.6. The lowest BCUT2D eigenvalue weighted by molar-refractivity contribution is -0.314. The summed E-state index contributed by atoms with van der Waals surface area (Å²) in [6.07, 6.45) is -48.9. The van der Waals surface area contributed by atoms with Crippen LogP contribution in [0.1, 0.15) is 161 Å². The molecular formula is C45H66F18O12. The summed E-state index contributed by atoms with van der Waals surface area (Å²) in [7, 11) is 0. The van der Waals surface area contributed by atoms with Gasteiger partial charge in [-0.25, -0.2) is 0 Å². The summed E-state index contributed by atoms with van der Waals surface area (Å²) in [5.41, 5.74) is -6.51. The molecule has 0 saturated heterocycles. The maximum Gasteiger partial charge on any atom is 0.434 e. The van der Waals surface area contributed by atoms with E-state index in [4.69, 9.17) is 14.2 Å². The third-order valence-corrected chi connectivity index (χ3v) is 11.5. The highest BCUT2D eigenvalue weighted by molar-refractivity contribution is 5.78. The normalized spacial score (nSPS) is 14.0. The van der Waals surface area contributed by atoms with Crippen LogP contribution in [0.4, 0.5) is 79.0 Å². The lowest BCUT2D eigenvalue weighted by Crippen LogP contribution is -2.47. The number of alkyl halides is 18. The van der Waals surface area contributed by atoms with Crippen molar-refractivity contribution in [3.8, 4) is 0 Å². The Bertz CT molecular complexity index is 1780. The number of carbonyl (C=O) groups excluding carboxylic acids is 6. The van der Waals surface area contributed by atoms with Gasteiger partial charge in [0.15, 0.2) is 0 Å². The van der Waals surface area contributed by atoms with Crippen molar-refractivity contribution in [3.05, 3.63) is 0 Å². The Hall–Kier alpha value is -4.44. The molecule has 0 bridgehead atoms. The molecule has 0 N–H and O–H groups in total. The van der Waals surface area contributed by atoms with Crippen molar-refractivity contribution in [2.24, 2.45) is 16.7 Å². The van der Waals surface area contributed by atoms with Crippen molar-refractivity contribution in [3.63, 3.8) is 0 Å². The van der Waals surface area contributed by atoms with Gasteiger partial charge in [0, 0.05) is 0 Å². The topological polar surface area (TPSA) is 158 Å². The molecule has 0 aliphatic heterocycles. The van der Waals surface area contributed by atoms with Crippen molar-refractivity contribution in [2.75, 3.05) is 0 Å². The van der Waals surface area contributed by atoms with Crippen LogP contribution in [0.5, 0.6) is 0 Å². The third kappa shape index (κ3) is 26.5. The van der Waals surface area contributed by atoms with E-state index in [1.165, 1.54) is 41.5 Å². The molecule has 0 aliphatic rings. The minimum atomic E-state index is -5.80. The van der Waals surface area contributed by atoms with Crippen LogP contribution in [-0.2, 0) is 57.2 Å². The standard InChI is InChI=1S/C16H24F6O4.C15H22F6O4.C14H20F6O4/c1-6-13(4,5)12(24)26-14(7-2,8-3)9-10(23)25-11(15(17,18)19)16(20,21)22;1-5-9(4)11(23)25-13(6-2,7-3)8-10(22)24-12(14(16,17)18)15(19,20)21;1-6-11(2,3)10(22)24-12(4,5)7-8(21)23-9(13(15,16)17)14(18,19)20/h11H,6-9H2,1-5H3;9,12H,5-8H2,1-4H3;9H,6-7H2,1-5H3. The average Bonchev–Trinajstić information content (AvgIpc) is 3.23. The Morgan fingerprint density at radius 2 is 0.600 bits per heavy atom. The maximum atomic E-state index is 12.5. The summed E-state index contributed by atoms with van der Waals surface area (Å²) < 4.78 is 250. The molecule has 75 heavy (non-hydrogen) atoms. The summed E-state index contributed by atoms with van der Waals surface area (Å²) in [6.45, 7) is 21.3. The molecule has 30 heteroatoms. The highest BCUT2D eigenvalue weighted by Crippen LogP contribution is 2.40. The molecule has 0 aliphatic carbocycles. The molecule has 0 heterocycles. The van der Waals surface area contributed by atoms with Crippen molar-refractivity contribution in [1.29, 1.82) is 0 Å². The second kappa shape index (κ2) is 28.3. The van der Waals surface area contributed by atoms with Crippen LogP contribution in [0.25, 0.3) is 0 Å². The maximum absolute atomic E-state index is 12.5. The van der Waals surface area contributed by atoms with Gasteiger partial charge in [0.1, 0.15) is 16.8 Å². The lowest BCUT2D eigenvalue weighted by atomic mass is 9.88. The molecule has 0 fully saturated rings. The Kier molecular flexibility index (Phi) is 28.2. The van der Waals surface area contributed by atoms with Crippen molar-refractivity contribution >= 4 is 35.8 Å². The number of halogens is 18. The van der Waals surface area contributed by atoms with Crippen LogP contribution in [-0.4, -0.2) is 108 Å². The zero-order valence-electron chi connectivity index (χ0n) is 43.6. The smallest absolute Gasteiger partial charge is 0.434 e. The van der Waals surface area contributed by atoms with Crippen LogP contribution in [0.2, 0.25) is 0 Å². The van der Waals surface area contributed by atoms with Crippen LogP contribution in [0.3, 0.4) is 0 Å². The van der Waals surface area contributed by atoms with E-state index in [1.807, 2.05) is 0 Å². The molecule has 0 aromatic rings. The van der Waals surface area contributed by atoms with Gasteiger partial charge in [0.25, 0.3) is 18.3 Å². The quantitative estimate of drug-likeness (QED) is 0.0575. The molecule has 1 atom stereocenters. The predicted octanol–water partition coefficient (Wildman–Crippen LogP) is 13.7. The molecule has 444 valence electrons. The number of ether oxygens (including phenoxy) is 6. The van der Waals surface area contributed by atoms with Gasteiger partial charge in [0.05, 0.1) is 36.0 Å². The lowest BCUT2D eigenvalue weighted by Gasteiger charge is -2.34. The van der Waals surface area contributed by atoms with Crippen LogP contribution < -0.4 is 0 Å². The molecule has 0 amide bonds. The van der Waals surface area contributed by atoms with Gasteiger partial charge in [-0.1, -0.05) is 55.4 Å². The van der Waals surface area contributed by atoms with Gasteiger partial charge in [0.2, 0.25) is 0 Å². The summed E-state index contributed by atoms with van der Waals surface area (Å²) >= 11 is 0. The fraction of sp³-hybridized carbons (Fsp3) is 0.867. The fourth-order valence-corrected chi connectivity index (χ4v) is 5.24. The number of rotatable bonds is 22. The predicted molar refractivity (Wildman–Crippen MR) is 226 cm³/mol. The van der Waals surface area contributed by atoms with Gasteiger partial charge in [-0.05, 0) is 86.5 Å². The van der Waals surface area contributed by atoms with Gasteiger partial charge in [-0.2, -0.15) is 79.0 Å². The SMILES string of the molecule is CCC(C)(C)C(=O)OC(C)(C)CC(=O)OC(C(F)(F)F)C(F)(F)F.CCC(C)C(=O)OC(CC)(CC)CC(=O)OC(C(F)(F)F)C(F)(F)F.CCC(CC)(CC(=O)OC(C(F)(F)F)C(F)(F)F)OC(=O)C(C)(C)CC. The van der Waals surface area contributed by atoms with Crippen LogP contribution >= 0.6 is 0 Å². The van der Waals surface area contributed by atoms with Gasteiger partial charge in [-0.3, -0.25) is 28.8 Å². The second-order valence-electron chi connectivity index (χ2n) is 18.9. The zero-order chi connectivity index (χ0) is 60.6. The Morgan fingerprint density at radius 1 is 0.360 bits per heavy atom. The first-order valence-electron chi connectivity index (χ1n) is 22.9. The number of carbonyl (C=O) groups is 6. The van der Waals surface area contributed by atoms with Crippen molar-refractivity contribution in [1.82, 2.24) is 0 Å². The number of esters is 6. The van der Waals surface area contributed by atoms with E-state index in [2.05, 4.69) is 14.2 Å². The van der Waals surface area contributed by atoms with E-state index in [9.17, 15) is 108 Å². The van der Waals surface area contributed by atoms with E-state index in [1.54, 1.807) is 55.4 Å². The molecule has 0 aromatic carbocycles. The van der Waals surface area contributed by atoms with E-state index >= 15 is 0 Å². The number of hydrogen-bond acceptors (Lipinski definition) is 12.